The van der Waals surface area contributed by atoms with Gasteiger partial charge in [-0.25, -0.2) is 0 Å². The number of carbonyl (C=O) groups excluding carboxylic acids is 2. The van der Waals surface area contributed by atoms with Crippen molar-refractivity contribution in [3.8, 4) is 0 Å². The van der Waals surface area contributed by atoms with E-state index in [0.717, 1.165) is 21.5 Å². The summed E-state index contributed by atoms with van der Waals surface area (Å²) in [6, 6.07) is 56.6. The van der Waals surface area contributed by atoms with E-state index in [0.29, 0.717) is 22.3 Å². The largest absolute Gasteiger partial charge is 0.397 e. The lowest BCUT2D eigenvalue weighted by molar-refractivity contribution is -0.113. The summed E-state index contributed by atoms with van der Waals surface area (Å²) in [4.78, 5) is 28.8. The van der Waals surface area contributed by atoms with Gasteiger partial charge in [-0.05, 0) is 60.7 Å². The number of nitrogens with two attached hydrogens (primary N) is 1. The number of carbonyl (C=O) groups is 2. The molecule has 0 atom stereocenters. The Hall–Kier alpha value is -5.77. The number of hydrogen-bond donors (Lipinski definition) is 3. The van der Waals surface area contributed by atoms with Crippen molar-refractivity contribution >= 4 is 51.7 Å². The second-order valence-electron chi connectivity index (χ2n) is 10.6. The molecule has 0 fully saturated rings. The summed E-state index contributed by atoms with van der Waals surface area (Å²) < 4.78 is 0. The molecule has 5 nitrogen and oxygen atoms in total. The van der Waals surface area contributed by atoms with Crippen molar-refractivity contribution in [3.63, 3.8) is 0 Å². The van der Waals surface area contributed by atoms with E-state index < -0.39 is 19.1 Å². The number of anilines is 2. The standard InChI is InChI=1S/C40H32N3O2P/c41-35-28-16-17-29-36(35)42-40(45)37(43-39(44)31-20-8-2-9-21-31)38(30-18-6-1-7-19-30)46(32-22-10-3-11-23-32,33-24-12-4-13-25-33)34-26-14-5-15-27-34/h1-29H,41H2,(H-,42,43,44,45)/p+1/b38-37-. The third kappa shape index (κ3) is 6.10. The fraction of sp³-hybridized carbons (Fsp3) is 0. The normalized spacial score (nSPS) is 11.7. The molecule has 6 aromatic carbocycles. The Labute approximate surface area is 269 Å². The zero-order valence-electron chi connectivity index (χ0n) is 25.1. The molecule has 6 rings (SSSR count). The van der Waals surface area contributed by atoms with Gasteiger partial charge in [0.1, 0.15) is 28.5 Å². The maximum absolute atomic E-state index is 14.8. The fourth-order valence-electron chi connectivity index (χ4n) is 5.69. The quantitative estimate of drug-likeness (QED) is 0.0927. The van der Waals surface area contributed by atoms with Crippen LogP contribution in [-0.2, 0) is 4.79 Å². The first-order chi connectivity index (χ1) is 22.6. The Bertz CT molecular complexity index is 1870. The molecule has 2 amide bonds. The second-order valence-corrected chi connectivity index (χ2v) is 14.0. The van der Waals surface area contributed by atoms with Gasteiger partial charge in [0.05, 0.1) is 11.4 Å². The summed E-state index contributed by atoms with van der Waals surface area (Å²) in [5.41, 5.74) is 8.56. The number of amides is 2. The molecule has 0 saturated carbocycles. The summed E-state index contributed by atoms with van der Waals surface area (Å²) in [5.74, 6) is -0.874. The molecule has 4 N–H and O–H groups in total. The SMILES string of the molecule is Nc1ccccc1NC(=O)/C(NC(=O)c1ccccc1)=C(\c1ccccc1)[P+](c1ccccc1)(c1ccccc1)c1ccccc1. The van der Waals surface area contributed by atoms with Crippen LogP contribution in [0.15, 0.2) is 182 Å². The highest BCUT2D eigenvalue weighted by Crippen LogP contribution is 2.67. The van der Waals surface area contributed by atoms with Crippen molar-refractivity contribution in [2.75, 3.05) is 11.1 Å². The predicted molar refractivity (Wildman–Crippen MR) is 192 cm³/mol. The first kappa shape index (κ1) is 30.3. The highest BCUT2D eigenvalue weighted by Gasteiger charge is 2.52. The molecule has 6 heteroatoms. The molecule has 0 aliphatic rings. The van der Waals surface area contributed by atoms with Crippen molar-refractivity contribution in [1.29, 1.82) is 0 Å². The van der Waals surface area contributed by atoms with Crippen LogP contribution in [0.3, 0.4) is 0 Å². The van der Waals surface area contributed by atoms with Crippen LogP contribution in [0.25, 0.3) is 5.31 Å². The molecule has 0 unspecified atom stereocenters. The number of rotatable bonds is 9. The van der Waals surface area contributed by atoms with Gasteiger partial charge in [-0.2, -0.15) is 0 Å². The molecule has 0 radical (unpaired) electrons. The summed E-state index contributed by atoms with van der Waals surface area (Å²) in [5, 5.41) is 9.94. The Morgan fingerprint density at radius 2 is 0.870 bits per heavy atom. The molecule has 224 valence electrons. The van der Waals surface area contributed by atoms with Crippen molar-refractivity contribution < 1.29 is 9.59 Å². The van der Waals surface area contributed by atoms with Crippen LogP contribution >= 0.6 is 7.26 Å². The van der Waals surface area contributed by atoms with Gasteiger partial charge < -0.3 is 16.4 Å². The first-order valence-corrected chi connectivity index (χ1v) is 16.8. The van der Waals surface area contributed by atoms with E-state index in [1.165, 1.54) is 0 Å². The van der Waals surface area contributed by atoms with Gasteiger partial charge in [0, 0.05) is 11.1 Å². The van der Waals surface area contributed by atoms with Crippen molar-refractivity contribution in [3.05, 3.63) is 193 Å². The molecule has 0 bridgehead atoms. The van der Waals surface area contributed by atoms with Crippen LogP contribution in [0.1, 0.15) is 15.9 Å². The minimum absolute atomic E-state index is 0.146. The van der Waals surface area contributed by atoms with E-state index in [4.69, 9.17) is 5.73 Å². The van der Waals surface area contributed by atoms with Gasteiger partial charge in [-0.3, -0.25) is 9.59 Å². The molecule has 46 heavy (non-hydrogen) atoms. The Morgan fingerprint density at radius 1 is 0.478 bits per heavy atom. The number of nitrogen functional groups attached to an aromatic ring is 1. The highest BCUT2D eigenvalue weighted by molar-refractivity contribution is 8.03. The minimum Gasteiger partial charge on any atom is -0.397 e. The van der Waals surface area contributed by atoms with E-state index in [2.05, 4.69) is 47.0 Å². The van der Waals surface area contributed by atoms with Gasteiger partial charge >= 0.3 is 0 Å². The Kier molecular flexibility index (Phi) is 9.14. The van der Waals surface area contributed by atoms with Gasteiger partial charge in [-0.1, -0.05) is 115 Å². The number of nitrogens with one attached hydrogen (secondary N) is 2. The van der Waals surface area contributed by atoms with E-state index in [1.807, 2.05) is 103 Å². The number of benzene rings is 6. The average Bonchev–Trinajstić information content (AvgIpc) is 3.12. The monoisotopic (exact) mass is 618 g/mol. The summed E-state index contributed by atoms with van der Waals surface area (Å²) in [6.07, 6.45) is 0. The zero-order chi connectivity index (χ0) is 31.8. The van der Waals surface area contributed by atoms with Gasteiger partial charge in [0.25, 0.3) is 11.8 Å². The summed E-state index contributed by atoms with van der Waals surface area (Å²) in [6.45, 7) is 0. The maximum Gasteiger partial charge on any atom is 0.276 e. The molecular formula is C40H33N3O2P+. The molecule has 0 aromatic heterocycles. The molecular weight excluding hydrogens is 585 g/mol. The third-order valence-electron chi connectivity index (χ3n) is 7.76. The smallest absolute Gasteiger partial charge is 0.276 e. The van der Waals surface area contributed by atoms with Gasteiger partial charge in [0.15, 0.2) is 5.70 Å². The second kappa shape index (κ2) is 13.9. The van der Waals surface area contributed by atoms with E-state index in [-0.39, 0.29) is 5.70 Å². The molecule has 0 heterocycles. The van der Waals surface area contributed by atoms with Gasteiger partial charge in [-0.15, -0.1) is 0 Å². The zero-order valence-corrected chi connectivity index (χ0v) is 26.0. The molecule has 0 spiro atoms. The van der Waals surface area contributed by atoms with Crippen LogP contribution in [0, 0.1) is 0 Å². The predicted octanol–water partition coefficient (Wildman–Crippen LogP) is 7.00. The topological polar surface area (TPSA) is 84.2 Å². The minimum atomic E-state index is -2.89. The van der Waals surface area contributed by atoms with Crippen LogP contribution in [0.4, 0.5) is 11.4 Å². The fourth-order valence-corrected chi connectivity index (χ4v) is 10.2. The van der Waals surface area contributed by atoms with E-state index in [9.17, 15) is 9.59 Å². The lowest BCUT2D eigenvalue weighted by atomic mass is 10.1. The lowest BCUT2D eigenvalue weighted by Crippen LogP contribution is -2.37. The maximum atomic E-state index is 14.8. The van der Waals surface area contributed by atoms with Gasteiger partial charge in [0.2, 0.25) is 0 Å². The Morgan fingerprint density at radius 3 is 1.33 bits per heavy atom. The van der Waals surface area contributed by atoms with Crippen LogP contribution in [0.2, 0.25) is 0 Å². The molecule has 0 aliphatic heterocycles. The molecule has 0 aliphatic carbocycles. The molecule has 0 saturated heterocycles. The van der Waals surface area contributed by atoms with E-state index >= 15 is 0 Å². The average molecular weight is 619 g/mol. The number of para-hydroxylation sites is 2. The van der Waals surface area contributed by atoms with Crippen LogP contribution in [0.5, 0.6) is 0 Å². The van der Waals surface area contributed by atoms with Crippen LogP contribution in [-0.4, -0.2) is 11.8 Å². The highest BCUT2D eigenvalue weighted by atomic mass is 31.2. The molecule has 6 aromatic rings. The van der Waals surface area contributed by atoms with E-state index in [1.54, 1.807) is 36.4 Å². The summed E-state index contributed by atoms with van der Waals surface area (Å²) in [7, 11) is -2.89. The lowest BCUT2D eigenvalue weighted by Gasteiger charge is -2.31. The van der Waals surface area contributed by atoms with Crippen molar-refractivity contribution in [2.24, 2.45) is 0 Å². The Balaban J connectivity index is 1.75. The van der Waals surface area contributed by atoms with Crippen molar-refractivity contribution in [1.82, 2.24) is 5.32 Å². The van der Waals surface area contributed by atoms with Crippen LogP contribution < -0.4 is 32.3 Å². The third-order valence-corrected chi connectivity index (χ3v) is 12.1. The van der Waals surface area contributed by atoms with Crippen molar-refractivity contribution in [2.45, 2.75) is 0 Å². The number of hydrogen-bond acceptors (Lipinski definition) is 3. The summed E-state index contributed by atoms with van der Waals surface area (Å²) >= 11 is 0. The first-order valence-electron chi connectivity index (χ1n) is 15.0.